The molecule has 1 heterocycles. The van der Waals surface area contributed by atoms with Crippen LogP contribution in [-0.2, 0) is 16.9 Å². The van der Waals surface area contributed by atoms with Gasteiger partial charge in [-0.15, -0.1) is 0 Å². The van der Waals surface area contributed by atoms with Gasteiger partial charge >= 0.3 is 11.2 Å². The van der Waals surface area contributed by atoms with E-state index >= 15 is 0 Å². The molecule has 0 aliphatic heterocycles. The normalized spacial score (nSPS) is 17.6. The van der Waals surface area contributed by atoms with E-state index in [-0.39, 0.29) is 29.3 Å². The molecule has 6 nitrogen and oxygen atoms in total. The van der Waals surface area contributed by atoms with E-state index in [1.165, 1.54) is 24.2 Å². The molecule has 0 bridgehead atoms. The first-order valence-corrected chi connectivity index (χ1v) is 8.47. The minimum absolute atomic E-state index is 0.00669. The molecule has 0 spiro atoms. The van der Waals surface area contributed by atoms with Gasteiger partial charge in [0.1, 0.15) is 17.7 Å². The average molecular weight is 365 g/mol. The van der Waals surface area contributed by atoms with Gasteiger partial charge in [0.2, 0.25) is 0 Å². The van der Waals surface area contributed by atoms with Crippen LogP contribution in [-0.4, -0.2) is 32.2 Å². The molecule has 8 heteroatoms. The summed E-state index contributed by atoms with van der Waals surface area (Å²) in [5.74, 6) is -0.263. The van der Waals surface area contributed by atoms with Crippen molar-refractivity contribution in [2.45, 2.75) is 31.9 Å². The average Bonchev–Trinajstić information content (AvgIpc) is 3.37. The Morgan fingerprint density at radius 3 is 2.84 bits per heavy atom. The summed E-state index contributed by atoms with van der Waals surface area (Å²) in [6, 6.07) is 6.35. The Balaban J connectivity index is 1.95. The third-order valence-electron chi connectivity index (χ3n) is 4.73. The first-order valence-electron chi connectivity index (χ1n) is 8.06. The molecular weight excluding hydrogens is 345 g/mol. The quantitative estimate of drug-likeness (QED) is 0.794. The van der Waals surface area contributed by atoms with Crippen molar-refractivity contribution in [2.75, 3.05) is 7.11 Å². The molecule has 1 unspecified atom stereocenters. The second kappa shape index (κ2) is 7.05. The van der Waals surface area contributed by atoms with Crippen LogP contribution in [0.5, 0.6) is 6.01 Å². The first kappa shape index (κ1) is 17.8. The van der Waals surface area contributed by atoms with Crippen LogP contribution < -0.4 is 4.74 Å². The number of benzene rings is 1. The number of aliphatic hydroxyl groups is 1. The fraction of sp³-hybridized carbons (Fsp3) is 0.471. The highest BCUT2D eigenvalue weighted by Gasteiger charge is 2.46. The molecule has 0 radical (unpaired) electrons. The van der Waals surface area contributed by atoms with Crippen molar-refractivity contribution < 1.29 is 19.0 Å². The first-order chi connectivity index (χ1) is 12.0. The number of hydrogen-bond donors (Lipinski definition) is 1. The predicted octanol–water partition coefficient (Wildman–Crippen LogP) is 2.66. The molecule has 1 aliphatic rings. The zero-order valence-electron chi connectivity index (χ0n) is 14.1. The van der Waals surface area contributed by atoms with Crippen LogP contribution >= 0.6 is 12.2 Å². The molecule has 2 atom stereocenters. The molecule has 0 saturated heterocycles. The molecule has 1 aromatic heterocycles. The van der Waals surface area contributed by atoms with Crippen molar-refractivity contribution >= 4 is 17.5 Å². The van der Waals surface area contributed by atoms with E-state index in [9.17, 15) is 9.50 Å². The smallest absolute Gasteiger partial charge is 0.360 e. The van der Waals surface area contributed by atoms with Crippen LogP contribution in [0.1, 0.15) is 25.3 Å². The van der Waals surface area contributed by atoms with Crippen LogP contribution in [0, 0.1) is 17.7 Å². The zero-order chi connectivity index (χ0) is 18.0. The van der Waals surface area contributed by atoms with E-state index in [0.717, 1.165) is 12.8 Å². The second-order valence-corrected chi connectivity index (χ2v) is 6.62. The van der Waals surface area contributed by atoms with Gasteiger partial charge in [-0.25, -0.2) is 9.07 Å². The lowest BCUT2D eigenvalue weighted by Gasteiger charge is -2.35. The Hall–Kier alpha value is -2.06. The van der Waals surface area contributed by atoms with Crippen molar-refractivity contribution in [3.05, 3.63) is 42.0 Å². The largest absolute Gasteiger partial charge is 0.460 e. The number of halogens is 1. The molecule has 1 saturated carbocycles. The van der Waals surface area contributed by atoms with Crippen LogP contribution in [0.2, 0.25) is 0 Å². The highest BCUT2D eigenvalue weighted by Crippen LogP contribution is 2.47. The van der Waals surface area contributed by atoms with Gasteiger partial charge in [0.15, 0.2) is 0 Å². The maximum Gasteiger partial charge on any atom is 0.360 e. The lowest BCUT2D eigenvalue weighted by Crippen LogP contribution is -2.40. The van der Waals surface area contributed by atoms with E-state index in [1.807, 2.05) is 6.92 Å². The van der Waals surface area contributed by atoms with Crippen molar-refractivity contribution in [1.82, 2.24) is 14.8 Å². The number of rotatable bonds is 6. The molecule has 25 heavy (non-hydrogen) atoms. The number of aromatic nitrogens is 3. The summed E-state index contributed by atoms with van der Waals surface area (Å²) in [6.07, 6.45) is 3.33. The maximum atomic E-state index is 14.4. The van der Waals surface area contributed by atoms with Crippen LogP contribution in [0.4, 0.5) is 4.39 Å². The van der Waals surface area contributed by atoms with Crippen LogP contribution in [0.25, 0.3) is 0 Å². The summed E-state index contributed by atoms with van der Waals surface area (Å²) >= 11 is 4.87. The number of hydrogen-bond acceptors (Lipinski definition) is 6. The monoisotopic (exact) mass is 365 g/mol. The topological polar surface area (TPSA) is 69.4 Å². The van der Waals surface area contributed by atoms with Gasteiger partial charge in [-0.2, -0.15) is 10.1 Å². The zero-order valence-corrected chi connectivity index (χ0v) is 14.9. The highest BCUT2D eigenvalue weighted by atomic mass is 32.1. The Kier molecular flexibility index (Phi) is 5.01. The molecule has 1 aromatic carbocycles. The van der Waals surface area contributed by atoms with E-state index in [4.69, 9.17) is 21.7 Å². The van der Waals surface area contributed by atoms with Crippen molar-refractivity contribution in [3.8, 4) is 6.01 Å². The SMILES string of the molecule is COC(=S)Oc1ncnn1C[C@@](O)(c1ccccc1F)C(C)C1CC1. The van der Waals surface area contributed by atoms with E-state index < -0.39 is 11.4 Å². The number of methoxy groups -OCH3 is 1. The van der Waals surface area contributed by atoms with Gasteiger partial charge in [-0.05, 0) is 30.7 Å². The minimum atomic E-state index is -1.45. The molecule has 3 rings (SSSR count). The van der Waals surface area contributed by atoms with Crippen molar-refractivity contribution in [1.29, 1.82) is 0 Å². The third-order valence-corrected chi connectivity index (χ3v) is 4.98. The van der Waals surface area contributed by atoms with Gasteiger partial charge in [0.25, 0.3) is 0 Å². The summed E-state index contributed by atoms with van der Waals surface area (Å²) < 4.78 is 25.9. The molecular formula is C17H20FN3O3S. The Labute approximate surface area is 150 Å². The number of ether oxygens (including phenoxy) is 2. The van der Waals surface area contributed by atoms with Crippen LogP contribution in [0.15, 0.2) is 30.6 Å². The van der Waals surface area contributed by atoms with Gasteiger partial charge in [0, 0.05) is 17.8 Å². The molecule has 1 N–H and O–H groups in total. The number of nitrogens with zero attached hydrogens (tertiary/aromatic N) is 3. The summed E-state index contributed by atoms with van der Waals surface area (Å²) in [6.45, 7) is 1.93. The lowest BCUT2D eigenvalue weighted by molar-refractivity contribution is -0.0481. The Morgan fingerprint density at radius 2 is 2.20 bits per heavy atom. The van der Waals surface area contributed by atoms with Crippen LogP contribution in [0.3, 0.4) is 0 Å². The Morgan fingerprint density at radius 1 is 1.48 bits per heavy atom. The third kappa shape index (κ3) is 3.64. The van der Waals surface area contributed by atoms with Gasteiger partial charge in [0.05, 0.1) is 13.7 Å². The molecule has 134 valence electrons. The fourth-order valence-electron chi connectivity index (χ4n) is 3.06. The predicted molar refractivity (Wildman–Crippen MR) is 92.4 cm³/mol. The molecule has 1 fully saturated rings. The summed E-state index contributed by atoms with van der Waals surface area (Å²) in [5.41, 5.74) is -1.21. The molecule has 0 amide bonds. The second-order valence-electron chi connectivity index (χ2n) is 6.29. The van der Waals surface area contributed by atoms with Crippen molar-refractivity contribution in [2.24, 2.45) is 11.8 Å². The standard InChI is InChI=1S/C17H20FN3O3S/c1-11(12-7-8-12)17(22,13-5-3-4-6-14(13)18)9-21-15(19-10-20-21)24-16(25)23-2/h3-6,10-12,22H,7-9H2,1-2H3/t11?,17-/m0/s1. The fourth-order valence-corrected chi connectivity index (χ4v) is 3.13. The highest BCUT2D eigenvalue weighted by molar-refractivity contribution is 7.79. The molecule has 1 aliphatic carbocycles. The van der Waals surface area contributed by atoms with Gasteiger partial charge in [-0.1, -0.05) is 25.1 Å². The van der Waals surface area contributed by atoms with Crippen molar-refractivity contribution in [3.63, 3.8) is 0 Å². The summed E-state index contributed by atoms with van der Waals surface area (Å²) in [5, 5.41) is 15.5. The van der Waals surface area contributed by atoms with Gasteiger partial charge < -0.3 is 14.6 Å². The van der Waals surface area contributed by atoms with E-state index in [0.29, 0.717) is 5.92 Å². The minimum Gasteiger partial charge on any atom is -0.460 e. The van der Waals surface area contributed by atoms with Gasteiger partial charge in [-0.3, -0.25) is 0 Å². The summed E-state index contributed by atoms with van der Waals surface area (Å²) in [4.78, 5) is 3.98. The van der Waals surface area contributed by atoms with E-state index in [2.05, 4.69) is 10.1 Å². The lowest BCUT2D eigenvalue weighted by atomic mass is 9.79. The molecule has 2 aromatic rings. The maximum absolute atomic E-state index is 14.4. The number of thiocarbonyl (C=S) groups is 1. The summed E-state index contributed by atoms with van der Waals surface area (Å²) in [7, 11) is 1.38. The van der Waals surface area contributed by atoms with E-state index in [1.54, 1.807) is 18.2 Å². The Bertz CT molecular complexity index is 765.